The van der Waals surface area contributed by atoms with Crippen molar-refractivity contribution in [2.24, 2.45) is 0 Å². The summed E-state index contributed by atoms with van der Waals surface area (Å²) in [5.41, 5.74) is -0.131. The van der Waals surface area contributed by atoms with Crippen LogP contribution in [-0.4, -0.2) is 31.2 Å². The predicted molar refractivity (Wildman–Crippen MR) is 75.5 cm³/mol. The Morgan fingerprint density at radius 3 is 2.18 bits per heavy atom. The smallest absolute Gasteiger partial charge is 0.355 e. The summed E-state index contributed by atoms with van der Waals surface area (Å²) in [5.74, 6) is -0.295. The number of nitrogens with one attached hydrogen (secondary N) is 3. The largest absolute Gasteiger partial charge is 0.412 e. The maximum atomic E-state index is 13.0. The van der Waals surface area contributed by atoms with Crippen LogP contribution in [0.25, 0.3) is 0 Å². The molecule has 0 saturated carbocycles. The molecular weight excluding hydrogens is 323 g/mol. The van der Waals surface area contributed by atoms with E-state index in [0.29, 0.717) is 5.02 Å². The second-order valence-electron chi connectivity index (χ2n) is 4.41. The number of halogens is 4. The molecule has 122 valence electrons. The molecule has 0 saturated heterocycles. The van der Waals surface area contributed by atoms with Crippen molar-refractivity contribution < 1.29 is 22.8 Å². The van der Waals surface area contributed by atoms with Gasteiger partial charge in [-0.1, -0.05) is 23.7 Å². The lowest BCUT2D eigenvalue weighted by atomic mass is 10.1. The molecule has 5 nitrogen and oxygen atoms in total. The van der Waals surface area contributed by atoms with Gasteiger partial charge in [-0.2, -0.15) is 13.2 Å². The number of hydrogen-bond donors (Lipinski definition) is 3. The van der Waals surface area contributed by atoms with Crippen molar-refractivity contribution in [3.8, 4) is 0 Å². The van der Waals surface area contributed by atoms with Gasteiger partial charge in [0.25, 0.3) is 0 Å². The van der Waals surface area contributed by atoms with E-state index in [9.17, 15) is 22.8 Å². The highest BCUT2D eigenvalue weighted by Crippen LogP contribution is 2.33. The summed E-state index contributed by atoms with van der Waals surface area (Å²) >= 11 is 5.63. The average Bonchev–Trinajstić information content (AvgIpc) is 2.41. The Balaban J connectivity index is 2.64. The number of carbonyl (C=O) groups is 2. The van der Waals surface area contributed by atoms with Gasteiger partial charge in [0.2, 0.25) is 5.91 Å². The van der Waals surface area contributed by atoms with Crippen LogP contribution in [-0.2, 0) is 4.79 Å². The van der Waals surface area contributed by atoms with Gasteiger partial charge in [-0.25, -0.2) is 4.79 Å². The first-order valence-corrected chi connectivity index (χ1v) is 6.69. The van der Waals surface area contributed by atoms with Gasteiger partial charge in [-0.05, 0) is 17.7 Å². The van der Waals surface area contributed by atoms with E-state index in [1.54, 1.807) is 0 Å². The second-order valence-corrected chi connectivity index (χ2v) is 4.85. The number of rotatable bonds is 5. The van der Waals surface area contributed by atoms with Crippen LogP contribution in [0.3, 0.4) is 0 Å². The molecular formula is C13H15ClF3N3O2. The summed E-state index contributed by atoms with van der Waals surface area (Å²) < 4.78 is 39.1. The Bertz CT molecular complexity index is 520. The molecule has 1 aromatic carbocycles. The third-order valence-electron chi connectivity index (χ3n) is 2.59. The monoisotopic (exact) mass is 337 g/mol. The summed E-state index contributed by atoms with van der Waals surface area (Å²) in [6.07, 6.45) is -4.65. The Hall–Kier alpha value is -1.96. The molecule has 1 rings (SSSR count). The van der Waals surface area contributed by atoms with Gasteiger partial charge in [0.15, 0.2) is 6.04 Å². The minimum Gasteiger partial charge on any atom is -0.355 e. The van der Waals surface area contributed by atoms with Gasteiger partial charge in [-0.3, -0.25) is 4.79 Å². The first kappa shape index (κ1) is 18.1. The molecule has 0 aliphatic carbocycles. The summed E-state index contributed by atoms with van der Waals surface area (Å²) in [5, 5.41) is 6.78. The van der Waals surface area contributed by atoms with Crippen molar-refractivity contribution in [2.75, 3.05) is 13.1 Å². The molecule has 0 aliphatic heterocycles. The van der Waals surface area contributed by atoms with Gasteiger partial charge in [0.05, 0.1) is 0 Å². The number of carbonyl (C=O) groups excluding carboxylic acids is 2. The highest BCUT2D eigenvalue weighted by molar-refractivity contribution is 6.30. The fraction of sp³-hybridized carbons (Fsp3) is 0.385. The zero-order valence-electron chi connectivity index (χ0n) is 11.6. The third kappa shape index (κ3) is 6.21. The van der Waals surface area contributed by atoms with Crippen LogP contribution in [0.1, 0.15) is 18.5 Å². The maximum Gasteiger partial charge on any atom is 0.412 e. The summed E-state index contributed by atoms with van der Waals surface area (Å²) in [6.45, 7) is 1.43. The van der Waals surface area contributed by atoms with Crippen LogP contribution in [0, 0.1) is 0 Å². The molecule has 9 heteroatoms. The maximum absolute atomic E-state index is 13.0. The third-order valence-corrected chi connectivity index (χ3v) is 2.84. The molecule has 1 aromatic rings. The van der Waals surface area contributed by atoms with Gasteiger partial charge in [0, 0.05) is 25.0 Å². The first-order valence-electron chi connectivity index (χ1n) is 6.31. The Kier molecular flexibility index (Phi) is 6.48. The van der Waals surface area contributed by atoms with Crippen LogP contribution >= 0.6 is 11.6 Å². The lowest BCUT2D eigenvalue weighted by Crippen LogP contribution is -2.45. The van der Waals surface area contributed by atoms with Crippen LogP contribution < -0.4 is 16.0 Å². The normalized spacial score (nSPS) is 12.4. The number of benzene rings is 1. The fourth-order valence-corrected chi connectivity index (χ4v) is 1.73. The second kappa shape index (κ2) is 7.88. The molecule has 0 unspecified atom stereocenters. The quantitative estimate of drug-likeness (QED) is 0.722. The van der Waals surface area contributed by atoms with E-state index in [4.69, 9.17) is 11.6 Å². The average molecular weight is 338 g/mol. The molecule has 1 atom stereocenters. The highest BCUT2D eigenvalue weighted by Gasteiger charge is 2.41. The summed E-state index contributed by atoms with van der Waals surface area (Å²) in [4.78, 5) is 22.1. The topological polar surface area (TPSA) is 70.2 Å². The molecule has 22 heavy (non-hydrogen) atoms. The Morgan fingerprint density at radius 2 is 1.68 bits per heavy atom. The van der Waals surface area contributed by atoms with Crippen molar-refractivity contribution in [3.63, 3.8) is 0 Å². The van der Waals surface area contributed by atoms with E-state index >= 15 is 0 Å². The van der Waals surface area contributed by atoms with Gasteiger partial charge in [-0.15, -0.1) is 0 Å². The van der Waals surface area contributed by atoms with E-state index in [0.717, 1.165) is 0 Å². The van der Waals surface area contributed by atoms with Gasteiger partial charge < -0.3 is 16.0 Å². The minimum atomic E-state index is -4.65. The van der Waals surface area contributed by atoms with E-state index in [1.165, 1.54) is 31.2 Å². The Labute approximate surface area is 130 Å². The molecule has 0 aliphatic rings. The number of amides is 3. The van der Waals surface area contributed by atoms with Gasteiger partial charge in [0.1, 0.15) is 0 Å². The summed E-state index contributed by atoms with van der Waals surface area (Å²) in [7, 11) is 0. The molecule has 3 N–H and O–H groups in total. The Morgan fingerprint density at radius 1 is 1.14 bits per heavy atom. The number of hydrogen-bond acceptors (Lipinski definition) is 2. The van der Waals surface area contributed by atoms with Crippen molar-refractivity contribution in [2.45, 2.75) is 19.1 Å². The van der Waals surface area contributed by atoms with Crippen LogP contribution in [0.5, 0.6) is 0 Å². The lowest BCUT2D eigenvalue weighted by Gasteiger charge is -2.22. The molecule has 0 fully saturated rings. The van der Waals surface area contributed by atoms with E-state index < -0.39 is 18.2 Å². The molecule has 0 aromatic heterocycles. The zero-order chi connectivity index (χ0) is 16.8. The van der Waals surface area contributed by atoms with Gasteiger partial charge >= 0.3 is 12.2 Å². The predicted octanol–water partition coefficient (Wildman–Crippen LogP) is 2.38. The first-order chi connectivity index (χ1) is 10.2. The van der Waals surface area contributed by atoms with Crippen molar-refractivity contribution in [3.05, 3.63) is 34.9 Å². The van der Waals surface area contributed by atoms with Crippen molar-refractivity contribution >= 4 is 23.5 Å². The number of urea groups is 1. The van der Waals surface area contributed by atoms with Crippen molar-refractivity contribution in [1.82, 2.24) is 16.0 Å². The highest BCUT2D eigenvalue weighted by atomic mass is 35.5. The van der Waals surface area contributed by atoms with Crippen LogP contribution in [0.15, 0.2) is 24.3 Å². The van der Waals surface area contributed by atoms with Crippen LogP contribution in [0.2, 0.25) is 5.02 Å². The fourth-order valence-electron chi connectivity index (χ4n) is 1.61. The van der Waals surface area contributed by atoms with Crippen molar-refractivity contribution in [1.29, 1.82) is 0 Å². The van der Waals surface area contributed by atoms with E-state index in [1.807, 2.05) is 5.32 Å². The van der Waals surface area contributed by atoms with E-state index in [-0.39, 0.29) is 24.6 Å². The SMILES string of the molecule is CC(=O)NCCNC(=O)N[C@H](c1ccc(Cl)cc1)C(F)(F)F. The molecule has 3 amide bonds. The lowest BCUT2D eigenvalue weighted by molar-refractivity contribution is -0.154. The summed E-state index contributed by atoms with van der Waals surface area (Å²) in [6, 6.07) is 1.88. The minimum absolute atomic E-state index is 0.0105. The van der Waals surface area contributed by atoms with Crippen LogP contribution in [0.4, 0.5) is 18.0 Å². The number of alkyl halides is 3. The van der Waals surface area contributed by atoms with E-state index in [2.05, 4.69) is 10.6 Å². The standard InChI is InChI=1S/C13H15ClF3N3O2/c1-8(21)18-6-7-19-12(22)20-11(13(15,16)17)9-2-4-10(14)5-3-9/h2-5,11H,6-7H2,1H3,(H,18,21)(H2,19,20,22)/t11-/m1/s1. The molecule has 0 heterocycles. The molecule has 0 radical (unpaired) electrons. The zero-order valence-corrected chi connectivity index (χ0v) is 12.4. The molecule has 0 spiro atoms. The molecule has 0 bridgehead atoms.